The van der Waals surface area contributed by atoms with E-state index in [1.54, 1.807) is 6.92 Å². The van der Waals surface area contributed by atoms with E-state index < -0.39 is 5.97 Å². The van der Waals surface area contributed by atoms with Crippen LogP contribution < -0.4 is 5.32 Å². The fourth-order valence-corrected chi connectivity index (χ4v) is 3.12. The monoisotopic (exact) mass is 284 g/mol. The van der Waals surface area contributed by atoms with Crippen molar-refractivity contribution in [3.8, 4) is 0 Å². The van der Waals surface area contributed by atoms with E-state index in [-0.39, 0.29) is 5.69 Å². The first kappa shape index (κ1) is 14.3. The number of hydrogen-bond acceptors (Lipinski definition) is 5. The Kier molecular flexibility index (Phi) is 5.15. The lowest BCUT2D eigenvalue weighted by Crippen LogP contribution is -2.20. The Bertz CT molecular complexity index is 428. The van der Waals surface area contributed by atoms with Crippen LogP contribution in [0, 0.1) is 6.92 Å². The summed E-state index contributed by atoms with van der Waals surface area (Å²) in [5, 5.41) is 12.7. The van der Waals surface area contributed by atoms with Crippen LogP contribution in [0.15, 0.2) is 0 Å². The van der Waals surface area contributed by atoms with Gasteiger partial charge in [0.1, 0.15) is 0 Å². The topological polar surface area (TPSA) is 71.5 Å². The number of rotatable bonds is 6. The summed E-state index contributed by atoms with van der Waals surface area (Å²) in [6, 6.07) is 0. The zero-order valence-corrected chi connectivity index (χ0v) is 12.0. The molecule has 19 heavy (non-hydrogen) atoms. The highest BCUT2D eigenvalue weighted by atomic mass is 32.1. The van der Waals surface area contributed by atoms with E-state index in [0.29, 0.717) is 24.4 Å². The lowest BCUT2D eigenvalue weighted by atomic mass is 9.98. The van der Waals surface area contributed by atoms with E-state index in [4.69, 9.17) is 9.84 Å². The van der Waals surface area contributed by atoms with Gasteiger partial charge >= 0.3 is 5.97 Å². The molecule has 1 aliphatic rings. The lowest BCUT2D eigenvalue weighted by molar-refractivity contribution is 0.0347. The Hall–Kier alpha value is -1.14. The minimum Gasteiger partial charge on any atom is -0.476 e. The molecule has 0 radical (unpaired) electrons. The summed E-state index contributed by atoms with van der Waals surface area (Å²) in [6.07, 6.45) is 6.61. The third kappa shape index (κ3) is 4.18. The van der Waals surface area contributed by atoms with Crippen LogP contribution in [0.1, 0.15) is 47.5 Å². The summed E-state index contributed by atoms with van der Waals surface area (Å²) in [5.74, 6) is -0.972. The first-order chi connectivity index (χ1) is 9.16. The summed E-state index contributed by atoms with van der Waals surface area (Å²) in [6.45, 7) is 3.08. The van der Waals surface area contributed by atoms with Gasteiger partial charge in [-0.25, -0.2) is 9.78 Å². The smallest absolute Gasteiger partial charge is 0.355 e. The van der Waals surface area contributed by atoms with Crippen molar-refractivity contribution in [2.45, 2.75) is 45.1 Å². The number of aromatic nitrogens is 1. The van der Waals surface area contributed by atoms with Gasteiger partial charge < -0.3 is 15.2 Å². The molecule has 1 aromatic rings. The third-order valence-corrected chi connectivity index (χ3v) is 4.21. The van der Waals surface area contributed by atoms with Crippen molar-refractivity contribution in [3.05, 3.63) is 10.6 Å². The van der Waals surface area contributed by atoms with Gasteiger partial charge in [-0.2, -0.15) is 0 Å². The maximum absolute atomic E-state index is 10.9. The first-order valence-electron chi connectivity index (χ1n) is 6.73. The number of thiazole rings is 1. The summed E-state index contributed by atoms with van der Waals surface area (Å²) in [7, 11) is 0. The standard InChI is InChI=1S/C13H20N2O3S/c1-9-11(12(16)17)15-13(19-9)14-7-8-18-10-5-3-2-4-6-10/h10H,2-8H2,1H3,(H,14,15)(H,16,17). The van der Waals surface area contributed by atoms with Crippen LogP contribution in [0.5, 0.6) is 0 Å². The van der Waals surface area contributed by atoms with E-state index in [9.17, 15) is 4.79 Å². The number of nitrogens with zero attached hydrogens (tertiary/aromatic N) is 1. The van der Waals surface area contributed by atoms with Crippen molar-refractivity contribution in [2.24, 2.45) is 0 Å². The molecule has 0 saturated heterocycles. The molecule has 5 nitrogen and oxygen atoms in total. The van der Waals surface area contributed by atoms with Crippen LogP contribution in [0.25, 0.3) is 0 Å². The molecule has 106 valence electrons. The molecule has 1 heterocycles. The molecule has 1 saturated carbocycles. The quantitative estimate of drug-likeness (QED) is 0.786. The second kappa shape index (κ2) is 6.86. The largest absolute Gasteiger partial charge is 0.476 e. The minimum absolute atomic E-state index is 0.140. The predicted octanol–water partition coefficient (Wildman–Crippen LogP) is 2.91. The number of aryl methyl sites for hydroxylation is 1. The average molecular weight is 284 g/mol. The number of hydrogen-bond donors (Lipinski definition) is 2. The molecule has 0 spiro atoms. The number of nitrogens with one attached hydrogen (secondary N) is 1. The van der Waals surface area contributed by atoms with Gasteiger partial charge in [0.15, 0.2) is 10.8 Å². The first-order valence-corrected chi connectivity index (χ1v) is 7.54. The number of ether oxygens (including phenoxy) is 1. The Labute approximate surface area is 117 Å². The number of carbonyl (C=O) groups is 1. The molecule has 0 bridgehead atoms. The zero-order chi connectivity index (χ0) is 13.7. The van der Waals surface area contributed by atoms with Crippen molar-refractivity contribution in [1.29, 1.82) is 0 Å². The van der Waals surface area contributed by atoms with E-state index in [1.165, 1.54) is 43.4 Å². The number of anilines is 1. The highest BCUT2D eigenvalue weighted by Crippen LogP contribution is 2.22. The fraction of sp³-hybridized carbons (Fsp3) is 0.692. The molecule has 2 N–H and O–H groups in total. The van der Waals surface area contributed by atoms with Gasteiger partial charge in [-0.3, -0.25) is 0 Å². The van der Waals surface area contributed by atoms with Crippen molar-refractivity contribution in [2.75, 3.05) is 18.5 Å². The molecule has 0 aliphatic heterocycles. The van der Waals surface area contributed by atoms with Crippen LogP contribution in [-0.4, -0.2) is 35.3 Å². The lowest BCUT2D eigenvalue weighted by Gasteiger charge is -2.21. The molecule has 0 atom stereocenters. The van der Waals surface area contributed by atoms with Gasteiger partial charge in [0, 0.05) is 11.4 Å². The van der Waals surface area contributed by atoms with Gasteiger partial charge in [-0.05, 0) is 19.8 Å². The van der Waals surface area contributed by atoms with Gasteiger partial charge in [0.05, 0.1) is 12.7 Å². The van der Waals surface area contributed by atoms with Crippen molar-refractivity contribution in [1.82, 2.24) is 4.98 Å². The Balaban J connectivity index is 1.70. The third-order valence-electron chi connectivity index (χ3n) is 3.28. The van der Waals surface area contributed by atoms with Crippen molar-refractivity contribution < 1.29 is 14.6 Å². The predicted molar refractivity (Wildman–Crippen MR) is 75.1 cm³/mol. The zero-order valence-electron chi connectivity index (χ0n) is 11.1. The summed E-state index contributed by atoms with van der Waals surface area (Å²) >= 11 is 1.37. The molecular formula is C13H20N2O3S. The molecule has 0 unspecified atom stereocenters. The van der Waals surface area contributed by atoms with Crippen molar-refractivity contribution >= 4 is 22.4 Å². The van der Waals surface area contributed by atoms with E-state index in [1.807, 2.05) is 0 Å². The molecule has 1 aliphatic carbocycles. The van der Waals surface area contributed by atoms with E-state index in [2.05, 4.69) is 10.3 Å². The van der Waals surface area contributed by atoms with Gasteiger partial charge in [0.25, 0.3) is 0 Å². The van der Waals surface area contributed by atoms with Crippen LogP contribution in [0.2, 0.25) is 0 Å². The van der Waals surface area contributed by atoms with Crippen molar-refractivity contribution in [3.63, 3.8) is 0 Å². The Morgan fingerprint density at radius 3 is 2.84 bits per heavy atom. The van der Waals surface area contributed by atoms with Gasteiger partial charge in [-0.1, -0.05) is 19.3 Å². The molecule has 6 heteroatoms. The molecule has 2 rings (SSSR count). The van der Waals surface area contributed by atoms with Gasteiger partial charge in [0.2, 0.25) is 0 Å². The van der Waals surface area contributed by atoms with Crippen LogP contribution >= 0.6 is 11.3 Å². The highest BCUT2D eigenvalue weighted by molar-refractivity contribution is 7.15. The SMILES string of the molecule is Cc1sc(NCCOC2CCCCC2)nc1C(=O)O. The van der Waals surface area contributed by atoms with Crippen LogP contribution in [0.4, 0.5) is 5.13 Å². The number of aromatic carboxylic acids is 1. The van der Waals surface area contributed by atoms with E-state index >= 15 is 0 Å². The maximum atomic E-state index is 10.9. The highest BCUT2D eigenvalue weighted by Gasteiger charge is 2.15. The second-order valence-electron chi connectivity index (χ2n) is 4.79. The molecule has 0 aromatic carbocycles. The summed E-state index contributed by atoms with van der Waals surface area (Å²) in [5.41, 5.74) is 0.140. The summed E-state index contributed by atoms with van der Waals surface area (Å²) in [4.78, 5) is 15.6. The second-order valence-corrected chi connectivity index (χ2v) is 5.99. The normalized spacial score (nSPS) is 16.5. The number of carboxylic acids is 1. The molecular weight excluding hydrogens is 264 g/mol. The molecule has 0 amide bonds. The average Bonchev–Trinajstić information content (AvgIpc) is 2.77. The maximum Gasteiger partial charge on any atom is 0.355 e. The molecule has 1 fully saturated rings. The van der Waals surface area contributed by atoms with Crippen LogP contribution in [0.3, 0.4) is 0 Å². The molecule has 1 aromatic heterocycles. The van der Waals surface area contributed by atoms with Gasteiger partial charge in [-0.15, -0.1) is 11.3 Å². The number of carboxylic acid groups (broad SMARTS) is 1. The summed E-state index contributed by atoms with van der Waals surface area (Å²) < 4.78 is 5.79. The fourth-order valence-electron chi connectivity index (χ4n) is 2.29. The Morgan fingerprint density at radius 1 is 1.47 bits per heavy atom. The van der Waals surface area contributed by atoms with Crippen LogP contribution in [-0.2, 0) is 4.74 Å². The van der Waals surface area contributed by atoms with E-state index in [0.717, 1.165) is 4.88 Å². The Morgan fingerprint density at radius 2 is 2.21 bits per heavy atom. The minimum atomic E-state index is -0.972.